The summed E-state index contributed by atoms with van der Waals surface area (Å²) in [4.78, 5) is 53.2. The number of carbonyl (C=O) groups is 2. The van der Waals surface area contributed by atoms with Crippen LogP contribution in [0.15, 0.2) is 58.1 Å². The van der Waals surface area contributed by atoms with E-state index in [4.69, 9.17) is 4.74 Å². The second-order valence-corrected chi connectivity index (χ2v) is 7.82. The zero-order valence-corrected chi connectivity index (χ0v) is 18.2. The molecule has 0 saturated carbocycles. The largest absolute Gasteiger partial charge is 0.378 e. The molecular weight excluding hydrogens is 426 g/mol. The Morgan fingerprint density at radius 1 is 1.03 bits per heavy atom. The van der Waals surface area contributed by atoms with Crippen LogP contribution in [0.1, 0.15) is 0 Å². The van der Waals surface area contributed by atoms with Gasteiger partial charge in [-0.1, -0.05) is 12.1 Å². The average molecular weight is 451 g/mol. The van der Waals surface area contributed by atoms with E-state index in [9.17, 15) is 19.2 Å². The number of fused-ring (bicyclic) bond motifs is 1. The Balaban J connectivity index is 1.35. The van der Waals surface area contributed by atoms with E-state index in [0.29, 0.717) is 18.9 Å². The molecule has 1 fully saturated rings. The van der Waals surface area contributed by atoms with Crippen molar-refractivity contribution < 1.29 is 14.3 Å². The zero-order chi connectivity index (χ0) is 23.4. The van der Waals surface area contributed by atoms with Gasteiger partial charge in [0, 0.05) is 31.5 Å². The van der Waals surface area contributed by atoms with Crippen molar-refractivity contribution in [1.29, 1.82) is 0 Å². The first kappa shape index (κ1) is 22.3. The predicted molar refractivity (Wildman–Crippen MR) is 125 cm³/mol. The number of amides is 2. The second-order valence-electron chi connectivity index (χ2n) is 7.82. The maximum absolute atomic E-state index is 12.6. The van der Waals surface area contributed by atoms with Crippen molar-refractivity contribution in [2.24, 2.45) is 0 Å². The van der Waals surface area contributed by atoms with E-state index in [1.165, 1.54) is 18.0 Å². The Hall–Kier alpha value is -3.92. The lowest BCUT2D eigenvalue weighted by Gasteiger charge is -2.28. The molecule has 10 nitrogen and oxygen atoms in total. The topological polar surface area (TPSA) is 117 Å². The molecule has 0 bridgehead atoms. The fourth-order valence-electron chi connectivity index (χ4n) is 3.70. The third kappa shape index (κ3) is 5.12. The highest BCUT2D eigenvalue weighted by Gasteiger charge is 2.16. The Labute approximate surface area is 189 Å². The number of hydrogen-bond donors (Lipinski definition) is 2. The number of H-pyrrole nitrogens is 1. The third-order valence-corrected chi connectivity index (χ3v) is 5.51. The van der Waals surface area contributed by atoms with Crippen LogP contribution in [0, 0.1) is 0 Å². The first-order valence-corrected chi connectivity index (χ1v) is 10.6. The van der Waals surface area contributed by atoms with Gasteiger partial charge in [0.1, 0.15) is 6.54 Å². The van der Waals surface area contributed by atoms with Crippen LogP contribution in [-0.2, 0) is 20.9 Å². The Morgan fingerprint density at radius 3 is 2.39 bits per heavy atom. The van der Waals surface area contributed by atoms with Crippen molar-refractivity contribution in [3.63, 3.8) is 0 Å². The lowest BCUT2D eigenvalue weighted by Crippen LogP contribution is -2.40. The summed E-state index contributed by atoms with van der Waals surface area (Å²) >= 11 is 0. The van der Waals surface area contributed by atoms with E-state index in [2.05, 4.69) is 15.3 Å². The van der Waals surface area contributed by atoms with Crippen molar-refractivity contribution in [3.05, 3.63) is 69.2 Å². The number of likely N-dealkylation sites (N-methyl/N-ethyl adjacent to an activating group) is 1. The third-order valence-electron chi connectivity index (χ3n) is 5.51. The molecule has 0 aliphatic carbocycles. The first-order chi connectivity index (χ1) is 15.9. The second kappa shape index (κ2) is 9.70. The molecule has 172 valence electrons. The van der Waals surface area contributed by atoms with Gasteiger partial charge in [-0.2, -0.15) is 0 Å². The Morgan fingerprint density at radius 2 is 1.70 bits per heavy atom. The van der Waals surface area contributed by atoms with Gasteiger partial charge < -0.3 is 19.9 Å². The van der Waals surface area contributed by atoms with Crippen molar-refractivity contribution in [3.8, 4) is 0 Å². The van der Waals surface area contributed by atoms with Crippen molar-refractivity contribution in [1.82, 2.24) is 14.7 Å². The van der Waals surface area contributed by atoms with Crippen LogP contribution in [0.25, 0.3) is 10.8 Å². The lowest BCUT2D eigenvalue weighted by atomic mass is 10.2. The zero-order valence-electron chi connectivity index (χ0n) is 18.2. The molecule has 1 aliphatic heterocycles. The number of anilines is 2. The normalized spacial score (nSPS) is 13.7. The molecule has 2 amide bonds. The van der Waals surface area contributed by atoms with Gasteiger partial charge in [0.25, 0.3) is 11.1 Å². The lowest BCUT2D eigenvalue weighted by molar-refractivity contribution is -0.134. The summed E-state index contributed by atoms with van der Waals surface area (Å²) in [6.07, 6.45) is 0. The highest BCUT2D eigenvalue weighted by Crippen LogP contribution is 2.19. The monoisotopic (exact) mass is 451 g/mol. The summed E-state index contributed by atoms with van der Waals surface area (Å²) in [7, 11) is 1.47. The van der Waals surface area contributed by atoms with E-state index in [-0.39, 0.29) is 29.8 Å². The number of hydrogen-bond acceptors (Lipinski definition) is 6. The standard InChI is InChI=1S/C23H25N5O5/c1-26(21(30)15-28-23(32)19-5-3-2-4-18(19)22(31)25-28)14-20(29)24-16-6-8-17(9-7-16)27-10-12-33-13-11-27/h2-9H,10-15H2,1H3,(H,24,29)(H,25,31). The molecule has 1 aromatic heterocycles. The van der Waals surface area contributed by atoms with Crippen LogP contribution in [0.5, 0.6) is 0 Å². The van der Waals surface area contributed by atoms with Gasteiger partial charge in [-0.05, 0) is 36.4 Å². The summed E-state index contributed by atoms with van der Waals surface area (Å²) < 4.78 is 6.32. The molecular formula is C23H25N5O5. The van der Waals surface area contributed by atoms with Gasteiger partial charge >= 0.3 is 0 Å². The number of benzene rings is 2. The molecule has 0 spiro atoms. The number of ether oxygens (including phenoxy) is 1. The molecule has 10 heteroatoms. The summed E-state index contributed by atoms with van der Waals surface area (Å²) in [5.41, 5.74) is 0.738. The van der Waals surface area contributed by atoms with E-state index in [1.807, 2.05) is 24.3 Å². The van der Waals surface area contributed by atoms with Crippen molar-refractivity contribution in [2.45, 2.75) is 6.54 Å². The Bertz CT molecular complexity index is 1270. The number of aromatic amines is 1. The number of nitrogens with one attached hydrogen (secondary N) is 2. The fourth-order valence-corrected chi connectivity index (χ4v) is 3.70. The summed E-state index contributed by atoms with van der Waals surface area (Å²) in [6, 6.07) is 13.9. The molecule has 2 aromatic carbocycles. The minimum absolute atomic E-state index is 0.198. The molecule has 0 atom stereocenters. The number of nitrogens with zero attached hydrogens (tertiary/aromatic N) is 3. The number of morpholine rings is 1. The fraction of sp³-hybridized carbons (Fsp3) is 0.304. The van der Waals surface area contributed by atoms with Crippen LogP contribution < -0.4 is 21.3 Å². The van der Waals surface area contributed by atoms with Crippen LogP contribution in [0.2, 0.25) is 0 Å². The molecule has 0 radical (unpaired) electrons. The van der Waals surface area contributed by atoms with Crippen LogP contribution in [0.3, 0.4) is 0 Å². The van der Waals surface area contributed by atoms with Gasteiger partial charge in [-0.15, -0.1) is 0 Å². The molecule has 4 rings (SSSR count). The first-order valence-electron chi connectivity index (χ1n) is 10.6. The molecule has 1 aliphatic rings. The molecule has 33 heavy (non-hydrogen) atoms. The predicted octanol–water partition coefficient (Wildman–Crippen LogP) is 0.624. The number of carbonyl (C=O) groups excluding carboxylic acids is 2. The molecule has 1 saturated heterocycles. The van der Waals surface area contributed by atoms with Gasteiger partial charge in [-0.25, -0.2) is 4.68 Å². The molecule has 2 N–H and O–H groups in total. The van der Waals surface area contributed by atoms with E-state index in [1.54, 1.807) is 18.2 Å². The van der Waals surface area contributed by atoms with Gasteiger partial charge in [0.05, 0.1) is 30.5 Å². The summed E-state index contributed by atoms with van der Waals surface area (Å²) in [5.74, 6) is -0.856. The molecule has 0 unspecified atom stereocenters. The van der Waals surface area contributed by atoms with E-state index >= 15 is 0 Å². The van der Waals surface area contributed by atoms with E-state index in [0.717, 1.165) is 23.5 Å². The number of rotatable bonds is 6. The van der Waals surface area contributed by atoms with Crippen molar-refractivity contribution >= 4 is 34.0 Å². The van der Waals surface area contributed by atoms with Crippen LogP contribution >= 0.6 is 0 Å². The summed E-state index contributed by atoms with van der Waals surface area (Å²) in [5, 5.41) is 5.68. The van der Waals surface area contributed by atoms with Crippen LogP contribution in [0.4, 0.5) is 11.4 Å². The smallest absolute Gasteiger partial charge is 0.273 e. The molecule has 2 heterocycles. The SMILES string of the molecule is CN(CC(=O)Nc1ccc(N2CCOCC2)cc1)C(=O)Cn1[nH]c(=O)c2ccccc2c1=O. The van der Waals surface area contributed by atoms with Gasteiger partial charge in [0.2, 0.25) is 11.8 Å². The van der Waals surface area contributed by atoms with E-state index < -0.39 is 17.0 Å². The van der Waals surface area contributed by atoms with Crippen molar-refractivity contribution in [2.75, 3.05) is 50.1 Å². The average Bonchev–Trinajstić information content (AvgIpc) is 2.83. The highest BCUT2D eigenvalue weighted by molar-refractivity contribution is 5.94. The van der Waals surface area contributed by atoms with Gasteiger partial charge in [0.15, 0.2) is 0 Å². The quantitative estimate of drug-likeness (QED) is 0.568. The molecule has 3 aromatic rings. The minimum Gasteiger partial charge on any atom is -0.378 e. The summed E-state index contributed by atoms with van der Waals surface area (Å²) in [6.45, 7) is 2.46. The van der Waals surface area contributed by atoms with Crippen LogP contribution in [-0.4, -0.2) is 66.4 Å². The Kier molecular flexibility index (Phi) is 6.55. The minimum atomic E-state index is -0.485. The highest BCUT2D eigenvalue weighted by atomic mass is 16.5. The van der Waals surface area contributed by atoms with Gasteiger partial charge in [-0.3, -0.25) is 24.3 Å². The number of aromatic nitrogens is 2. The maximum atomic E-state index is 12.6. The maximum Gasteiger partial charge on any atom is 0.273 e.